The van der Waals surface area contributed by atoms with Crippen LogP contribution in [0.15, 0.2) is 28.7 Å². The quantitative estimate of drug-likeness (QED) is 0.875. The molecule has 0 spiro atoms. The first-order chi connectivity index (χ1) is 10.3. The highest BCUT2D eigenvalue weighted by Gasteiger charge is 2.21. The predicted octanol–water partition coefficient (Wildman–Crippen LogP) is 2.21. The lowest BCUT2D eigenvalue weighted by molar-refractivity contribution is -0.134. The van der Waals surface area contributed by atoms with Crippen molar-refractivity contribution in [1.82, 2.24) is 4.98 Å². The van der Waals surface area contributed by atoms with Crippen molar-refractivity contribution in [3.63, 3.8) is 0 Å². The van der Waals surface area contributed by atoms with Crippen molar-refractivity contribution in [3.8, 4) is 11.5 Å². The van der Waals surface area contributed by atoms with Gasteiger partial charge >= 0.3 is 5.97 Å². The zero-order valence-electron chi connectivity index (χ0n) is 12.4. The molecule has 0 aliphatic rings. The van der Waals surface area contributed by atoms with Gasteiger partial charge in [-0.25, -0.2) is 13.4 Å². The number of carbonyl (C=O) groups is 1. The second kappa shape index (κ2) is 6.31. The summed E-state index contributed by atoms with van der Waals surface area (Å²) in [6.07, 6.45) is 0.920. The Morgan fingerprint density at radius 2 is 1.91 bits per heavy atom. The smallest absolute Gasteiger partial charge is 0.318 e. The molecule has 1 N–H and O–H groups in total. The summed E-state index contributed by atoms with van der Waals surface area (Å²) >= 11 is 0. The molecule has 0 unspecified atom stereocenters. The number of oxazole rings is 1. The summed E-state index contributed by atoms with van der Waals surface area (Å²) in [6, 6.07) is 7.63. The molecule has 0 saturated carbocycles. The zero-order chi connectivity index (χ0) is 16.3. The third-order valence-electron chi connectivity index (χ3n) is 3.20. The fourth-order valence-electron chi connectivity index (χ4n) is 2.02. The average molecular weight is 323 g/mol. The number of benzene rings is 1. The van der Waals surface area contributed by atoms with Crippen molar-refractivity contribution >= 4 is 15.8 Å². The predicted molar refractivity (Wildman–Crippen MR) is 81.2 cm³/mol. The molecule has 6 nitrogen and oxygen atoms in total. The van der Waals surface area contributed by atoms with Crippen molar-refractivity contribution in [2.24, 2.45) is 0 Å². The van der Waals surface area contributed by atoms with E-state index in [1.54, 1.807) is 6.92 Å². The van der Waals surface area contributed by atoms with Gasteiger partial charge in [-0.3, -0.25) is 4.79 Å². The SMILES string of the molecule is CCc1ccc(-c2nc(CS(=O)(=O)CC(=O)O)c(C)o2)cc1. The van der Waals surface area contributed by atoms with Gasteiger partial charge in [0.15, 0.2) is 9.84 Å². The maximum Gasteiger partial charge on any atom is 0.318 e. The summed E-state index contributed by atoms with van der Waals surface area (Å²) in [5.41, 5.74) is 2.18. The second-order valence-electron chi connectivity index (χ2n) is 5.00. The van der Waals surface area contributed by atoms with Crippen molar-refractivity contribution in [2.45, 2.75) is 26.0 Å². The van der Waals surface area contributed by atoms with Gasteiger partial charge < -0.3 is 9.52 Å². The average Bonchev–Trinajstić information content (AvgIpc) is 2.78. The Morgan fingerprint density at radius 3 is 2.45 bits per heavy atom. The number of aliphatic carboxylic acids is 1. The third-order valence-corrected chi connectivity index (χ3v) is 4.60. The van der Waals surface area contributed by atoms with Crippen LogP contribution in [-0.4, -0.2) is 30.2 Å². The number of carboxylic acid groups (broad SMARTS) is 1. The number of sulfone groups is 1. The van der Waals surface area contributed by atoms with E-state index in [4.69, 9.17) is 9.52 Å². The van der Waals surface area contributed by atoms with Crippen molar-refractivity contribution in [1.29, 1.82) is 0 Å². The van der Waals surface area contributed by atoms with Gasteiger partial charge in [-0.15, -0.1) is 0 Å². The first-order valence-electron chi connectivity index (χ1n) is 6.78. The summed E-state index contributed by atoms with van der Waals surface area (Å²) in [5, 5.41) is 8.61. The molecule has 0 aliphatic carbocycles. The van der Waals surface area contributed by atoms with Gasteiger partial charge in [0.1, 0.15) is 11.5 Å². The normalized spacial score (nSPS) is 11.5. The van der Waals surface area contributed by atoms with E-state index in [0.717, 1.165) is 12.0 Å². The lowest BCUT2D eigenvalue weighted by Crippen LogP contribution is -2.17. The molecule has 0 radical (unpaired) electrons. The molecule has 118 valence electrons. The van der Waals surface area contributed by atoms with Gasteiger partial charge in [0.05, 0.1) is 11.4 Å². The first-order valence-corrected chi connectivity index (χ1v) is 8.60. The molecule has 0 aliphatic heterocycles. The number of aromatic nitrogens is 1. The van der Waals surface area contributed by atoms with Crippen LogP contribution in [0.3, 0.4) is 0 Å². The lowest BCUT2D eigenvalue weighted by atomic mass is 10.1. The van der Waals surface area contributed by atoms with E-state index >= 15 is 0 Å². The monoisotopic (exact) mass is 323 g/mol. The second-order valence-corrected chi connectivity index (χ2v) is 7.06. The van der Waals surface area contributed by atoms with Crippen LogP contribution in [0.25, 0.3) is 11.5 Å². The first kappa shape index (κ1) is 16.2. The van der Waals surface area contributed by atoms with E-state index in [9.17, 15) is 13.2 Å². The van der Waals surface area contributed by atoms with E-state index < -0.39 is 27.3 Å². The van der Waals surface area contributed by atoms with Crippen LogP contribution < -0.4 is 0 Å². The van der Waals surface area contributed by atoms with Gasteiger partial charge in [-0.2, -0.15) is 0 Å². The summed E-state index contributed by atoms with van der Waals surface area (Å²) in [4.78, 5) is 14.7. The third kappa shape index (κ3) is 3.94. The maximum atomic E-state index is 11.7. The van der Waals surface area contributed by atoms with Crippen LogP contribution in [0.5, 0.6) is 0 Å². The fraction of sp³-hybridized carbons (Fsp3) is 0.333. The van der Waals surface area contributed by atoms with Crippen molar-refractivity contribution < 1.29 is 22.7 Å². The van der Waals surface area contributed by atoms with E-state index in [1.807, 2.05) is 24.3 Å². The van der Waals surface area contributed by atoms with Crippen LogP contribution >= 0.6 is 0 Å². The fourth-order valence-corrected chi connectivity index (χ4v) is 3.18. The molecule has 1 aromatic carbocycles. The Kier molecular flexibility index (Phi) is 4.65. The van der Waals surface area contributed by atoms with E-state index in [-0.39, 0.29) is 5.69 Å². The minimum absolute atomic E-state index is 0.246. The molecule has 0 fully saturated rings. The molecule has 0 saturated heterocycles. The molecule has 2 rings (SSSR count). The van der Waals surface area contributed by atoms with Gasteiger partial charge in [0.2, 0.25) is 5.89 Å². The highest BCUT2D eigenvalue weighted by molar-refractivity contribution is 7.91. The Hall–Kier alpha value is -2.15. The maximum absolute atomic E-state index is 11.7. The number of nitrogens with zero attached hydrogens (tertiary/aromatic N) is 1. The number of hydrogen-bond acceptors (Lipinski definition) is 5. The summed E-state index contributed by atoms with van der Waals surface area (Å²) in [6.45, 7) is 3.66. The van der Waals surface area contributed by atoms with Gasteiger partial charge in [-0.1, -0.05) is 19.1 Å². The van der Waals surface area contributed by atoms with E-state index in [0.29, 0.717) is 11.7 Å². The van der Waals surface area contributed by atoms with Gasteiger partial charge in [-0.05, 0) is 31.0 Å². The van der Waals surface area contributed by atoms with Gasteiger partial charge in [0.25, 0.3) is 0 Å². The highest BCUT2D eigenvalue weighted by Crippen LogP contribution is 2.23. The molecule has 7 heteroatoms. The molecular formula is C15H17NO5S. The van der Waals surface area contributed by atoms with E-state index in [1.165, 1.54) is 5.56 Å². The largest absolute Gasteiger partial charge is 0.480 e. The van der Waals surface area contributed by atoms with Gasteiger partial charge in [0, 0.05) is 5.56 Å². The Morgan fingerprint density at radius 1 is 1.27 bits per heavy atom. The minimum Gasteiger partial charge on any atom is -0.480 e. The lowest BCUT2D eigenvalue weighted by Gasteiger charge is -1.98. The summed E-state index contributed by atoms with van der Waals surface area (Å²) in [5.74, 6) is -2.03. The Bertz CT molecular complexity index is 775. The minimum atomic E-state index is -3.76. The molecular weight excluding hydrogens is 306 g/mol. The summed E-state index contributed by atoms with van der Waals surface area (Å²) < 4.78 is 29.0. The molecule has 2 aromatic rings. The number of hydrogen-bond donors (Lipinski definition) is 1. The molecule has 0 bridgehead atoms. The van der Waals surface area contributed by atoms with Crippen LogP contribution in [-0.2, 0) is 26.8 Å². The Labute approximate surface area is 128 Å². The number of rotatable bonds is 6. The number of carboxylic acids is 1. The molecule has 1 heterocycles. The molecule has 1 aromatic heterocycles. The number of aryl methyl sites for hydroxylation is 2. The van der Waals surface area contributed by atoms with Crippen molar-refractivity contribution in [3.05, 3.63) is 41.3 Å². The zero-order valence-corrected chi connectivity index (χ0v) is 13.2. The van der Waals surface area contributed by atoms with E-state index in [2.05, 4.69) is 11.9 Å². The van der Waals surface area contributed by atoms with Crippen LogP contribution in [0, 0.1) is 6.92 Å². The van der Waals surface area contributed by atoms with Crippen LogP contribution in [0.1, 0.15) is 23.9 Å². The molecule has 0 amide bonds. The highest BCUT2D eigenvalue weighted by atomic mass is 32.2. The Balaban J connectivity index is 2.26. The molecule has 0 atom stereocenters. The van der Waals surface area contributed by atoms with Crippen molar-refractivity contribution in [2.75, 3.05) is 5.75 Å². The van der Waals surface area contributed by atoms with Crippen LogP contribution in [0.4, 0.5) is 0 Å². The standard InChI is InChI=1S/C15H17NO5S/c1-3-11-4-6-12(7-5-11)15-16-13(10(2)21-15)8-22(19,20)9-14(17)18/h4-7H,3,8-9H2,1-2H3,(H,17,18). The topological polar surface area (TPSA) is 97.5 Å². The summed E-state index contributed by atoms with van der Waals surface area (Å²) in [7, 11) is -3.76. The molecule has 22 heavy (non-hydrogen) atoms. The van der Waals surface area contributed by atoms with Crippen LogP contribution in [0.2, 0.25) is 0 Å².